The van der Waals surface area contributed by atoms with E-state index >= 15 is 8.78 Å². The molecular formula is C31H32F4O. The van der Waals surface area contributed by atoms with Crippen LogP contribution in [0.4, 0.5) is 17.6 Å². The molecule has 3 aromatic rings. The molecule has 0 N–H and O–H groups in total. The van der Waals surface area contributed by atoms with Crippen LogP contribution in [-0.4, -0.2) is 12.7 Å². The van der Waals surface area contributed by atoms with Crippen LogP contribution in [0.3, 0.4) is 0 Å². The maximum atomic E-state index is 15.0. The monoisotopic (exact) mass is 496 g/mol. The van der Waals surface area contributed by atoms with Crippen LogP contribution in [0, 0.1) is 29.2 Å². The van der Waals surface area contributed by atoms with E-state index in [1.165, 1.54) is 24.3 Å². The molecule has 1 nitrogen and oxygen atoms in total. The molecule has 0 aliphatic carbocycles. The number of rotatable bonds is 8. The summed E-state index contributed by atoms with van der Waals surface area (Å²) < 4.78 is 65.8. The van der Waals surface area contributed by atoms with E-state index in [9.17, 15) is 8.78 Å². The molecule has 1 saturated heterocycles. The fraction of sp³-hybridized carbons (Fsp3) is 0.355. The smallest absolute Gasteiger partial charge is 0.167 e. The Balaban J connectivity index is 1.50. The lowest BCUT2D eigenvalue weighted by Crippen LogP contribution is -2.26. The van der Waals surface area contributed by atoms with Gasteiger partial charge in [0.15, 0.2) is 23.3 Å². The van der Waals surface area contributed by atoms with Gasteiger partial charge in [-0.2, -0.15) is 0 Å². The molecule has 0 radical (unpaired) electrons. The minimum atomic E-state index is -1.20. The van der Waals surface area contributed by atoms with Crippen LogP contribution in [0.1, 0.15) is 57.1 Å². The summed E-state index contributed by atoms with van der Waals surface area (Å²) in [5.41, 5.74) is 1.16. The molecule has 190 valence electrons. The summed E-state index contributed by atoms with van der Waals surface area (Å²) in [4.78, 5) is 0. The Hall–Kier alpha value is -2.92. The summed E-state index contributed by atoms with van der Waals surface area (Å²) in [6.07, 6.45) is 9.30. The van der Waals surface area contributed by atoms with Crippen molar-refractivity contribution in [1.82, 2.24) is 0 Å². The molecule has 4 rings (SSSR count). The molecule has 1 heterocycles. The van der Waals surface area contributed by atoms with Crippen molar-refractivity contribution >= 4 is 6.08 Å². The first-order valence-corrected chi connectivity index (χ1v) is 12.7. The zero-order chi connectivity index (χ0) is 25.7. The second kappa shape index (κ2) is 11.9. The van der Waals surface area contributed by atoms with E-state index in [0.29, 0.717) is 37.0 Å². The highest BCUT2D eigenvalue weighted by atomic mass is 19.2. The van der Waals surface area contributed by atoms with Gasteiger partial charge in [-0.1, -0.05) is 74.0 Å². The molecule has 1 fully saturated rings. The predicted molar refractivity (Wildman–Crippen MR) is 138 cm³/mol. The number of hydrogen-bond donors (Lipinski definition) is 0. The molecule has 0 saturated carbocycles. The van der Waals surface area contributed by atoms with Gasteiger partial charge in [-0.3, -0.25) is 0 Å². The van der Waals surface area contributed by atoms with Gasteiger partial charge < -0.3 is 4.74 Å². The molecule has 0 aromatic heterocycles. The van der Waals surface area contributed by atoms with Gasteiger partial charge in [0.1, 0.15) is 0 Å². The lowest BCUT2D eigenvalue weighted by molar-refractivity contribution is -0.0218. The molecule has 0 amide bonds. The van der Waals surface area contributed by atoms with Crippen LogP contribution in [0.25, 0.3) is 28.3 Å². The van der Waals surface area contributed by atoms with E-state index < -0.39 is 23.3 Å². The first kappa shape index (κ1) is 26.2. The van der Waals surface area contributed by atoms with Crippen molar-refractivity contribution in [3.63, 3.8) is 0 Å². The maximum Gasteiger partial charge on any atom is 0.167 e. The topological polar surface area (TPSA) is 9.23 Å². The fourth-order valence-corrected chi connectivity index (χ4v) is 4.93. The van der Waals surface area contributed by atoms with E-state index in [1.807, 2.05) is 19.1 Å². The van der Waals surface area contributed by atoms with Crippen molar-refractivity contribution in [2.45, 2.75) is 58.5 Å². The van der Waals surface area contributed by atoms with E-state index in [1.54, 1.807) is 24.3 Å². The highest BCUT2D eigenvalue weighted by Gasteiger charge is 2.24. The van der Waals surface area contributed by atoms with Gasteiger partial charge in [-0.25, -0.2) is 17.6 Å². The third-order valence-electron chi connectivity index (χ3n) is 7.01. The Kier molecular flexibility index (Phi) is 8.63. The summed E-state index contributed by atoms with van der Waals surface area (Å²) in [6, 6.07) is 12.5. The van der Waals surface area contributed by atoms with Crippen LogP contribution in [0.2, 0.25) is 0 Å². The average molecular weight is 497 g/mol. The van der Waals surface area contributed by atoms with Crippen LogP contribution < -0.4 is 0 Å². The first-order chi connectivity index (χ1) is 17.4. The molecule has 5 heteroatoms. The Morgan fingerprint density at radius 3 is 2.06 bits per heavy atom. The number of benzene rings is 3. The summed E-state index contributed by atoms with van der Waals surface area (Å²) >= 11 is 0. The van der Waals surface area contributed by atoms with Crippen molar-refractivity contribution in [1.29, 1.82) is 0 Å². The Morgan fingerprint density at radius 2 is 1.42 bits per heavy atom. The predicted octanol–water partition coefficient (Wildman–Crippen LogP) is 9.14. The molecule has 36 heavy (non-hydrogen) atoms. The van der Waals surface area contributed by atoms with E-state index in [2.05, 4.69) is 6.92 Å². The summed E-state index contributed by atoms with van der Waals surface area (Å²) in [7, 11) is 0. The standard InChI is InChI=1S/C31H32F4O/c1-3-5-20-7-11-22(12-8-20)25-17-18-27(31(35)29(25)33)26-16-14-23(28(32)30(26)34)13-9-21-10-15-24(6-4-2)36-19-21/h3,5,7-8,11-12,14,16-18,21,24H,4,6,9-10,13,15,19H2,1-2H3/b5-3+. The third-order valence-corrected chi connectivity index (χ3v) is 7.01. The van der Waals surface area contributed by atoms with Gasteiger partial charge in [-0.05, 0) is 61.6 Å². The van der Waals surface area contributed by atoms with Gasteiger partial charge in [-0.15, -0.1) is 0 Å². The van der Waals surface area contributed by atoms with Crippen molar-refractivity contribution < 1.29 is 22.3 Å². The Bertz CT molecular complexity index is 1210. The van der Waals surface area contributed by atoms with Crippen molar-refractivity contribution in [3.8, 4) is 22.3 Å². The zero-order valence-corrected chi connectivity index (χ0v) is 20.8. The maximum absolute atomic E-state index is 15.0. The molecule has 3 aromatic carbocycles. The first-order valence-electron chi connectivity index (χ1n) is 12.7. The number of aryl methyl sites for hydroxylation is 1. The number of ether oxygens (including phenoxy) is 1. The SMILES string of the molecule is C/C=C/c1ccc(-c2ccc(-c3ccc(CCC4CCC(CCC)OC4)c(F)c3F)c(F)c2F)cc1. The lowest BCUT2D eigenvalue weighted by Gasteiger charge is -2.29. The Morgan fingerprint density at radius 1 is 0.778 bits per heavy atom. The summed E-state index contributed by atoms with van der Waals surface area (Å²) in [5.74, 6) is -4.13. The van der Waals surface area contributed by atoms with E-state index in [-0.39, 0.29) is 22.3 Å². The largest absolute Gasteiger partial charge is 0.378 e. The highest BCUT2D eigenvalue weighted by molar-refractivity contribution is 5.73. The van der Waals surface area contributed by atoms with Crippen LogP contribution in [-0.2, 0) is 11.2 Å². The lowest BCUT2D eigenvalue weighted by atomic mass is 9.90. The molecular weight excluding hydrogens is 464 g/mol. The molecule has 2 atom stereocenters. The van der Waals surface area contributed by atoms with Crippen LogP contribution in [0.15, 0.2) is 54.6 Å². The molecule has 2 unspecified atom stereocenters. The quantitative estimate of drug-likeness (QED) is 0.283. The molecule has 1 aliphatic heterocycles. The third kappa shape index (κ3) is 5.73. The Labute approximate surface area is 210 Å². The second-order valence-corrected chi connectivity index (χ2v) is 9.54. The number of halogens is 4. The number of hydrogen-bond acceptors (Lipinski definition) is 1. The molecule has 1 aliphatic rings. The van der Waals surface area contributed by atoms with Crippen LogP contribution >= 0.6 is 0 Å². The van der Waals surface area contributed by atoms with Gasteiger partial charge in [0.05, 0.1) is 6.10 Å². The molecule has 0 bridgehead atoms. The minimum Gasteiger partial charge on any atom is -0.378 e. The van der Waals surface area contributed by atoms with Gasteiger partial charge in [0.25, 0.3) is 0 Å². The average Bonchev–Trinajstić information content (AvgIpc) is 2.89. The summed E-state index contributed by atoms with van der Waals surface area (Å²) in [5, 5.41) is 0. The molecule has 0 spiro atoms. The normalized spacial score (nSPS) is 18.2. The van der Waals surface area contributed by atoms with Crippen molar-refractivity contribution in [2.24, 2.45) is 5.92 Å². The zero-order valence-electron chi connectivity index (χ0n) is 20.8. The second-order valence-electron chi connectivity index (χ2n) is 9.54. The van der Waals surface area contributed by atoms with E-state index in [4.69, 9.17) is 4.74 Å². The minimum absolute atomic E-state index is 0.0663. The van der Waals surface area contributed by atoms with Crippen molar-refractivity contribution in [2.75, 3.05) is 6.61 Å². The van der Waals surface area contributed by atoms with Crippen molar-refractivity contribution in [3.05, 3.63) is 89.0 Å². The summed E-state index contributed by atoms with van der Waals surface area (Å²) in [6.45, 7) is 4.67. The van der Waals surface area contributed by atoms with Crippen LogP contribution in [0.5, 0.6) is 0 Å². The van der Waals surface area contributed by atoms with Gasteiger partial charge in [0.2, 0.25) is 0 Å². The van der Waals surface area contributed by atoms with E-state index in [0.717, 1.165) is 31.2 Å². The van der Waals surface area contributed by atoms with Gasteiger partial charge >= 0.3 is 0 Å². The van der Waals surface area contributed by atoms with Gasteiger partial charge in [0, 0.05) is 23.3 Å². The highest BCUT2D eigenvalue weighted by Crippen LogP contribution is 2.35. The number of allylic oxidation sites excluding steroid dienone is 1. The fourth-order valence-electron chi connectivity index (χ4n) is 4.93.